The van der Waals surface area contributed by atoms with E-state index in [9.17, 15) is 9.90 Å². The molecule has 1 aromatic rings. The molecule has 2 heteroatoms. The van der Waals surface area contributed by atoms with Crippen molar-refractivity contribution in [1.82, 2.24) is 0 Å². The Hall–Kier alpha value is -1.31. The molecular weight excluding hydrogens is 188 g/mol. The highest BCUT2D eigenvalue weighted by atomic mass is 16.4. The zero-order valence-corrected chi connectivity index (χ0v) is 9.37. The Bertz CT molecular complexity index is 402. The minimum atomic E-state index is -0.681. The molecule has 2 atom stereocenters. The van der Waals surface area contributed by atoms with Gasteiger partial charge in [-0.05, 0) is 31.7 Å². The highest BCUT2D eigenvalue weighted by Crippen LogP contribution is 2.54. The van der Waals surface area contributed by atoms with Crippen molar-refractivity contribution in [3.8, 4) is 0 Å². The number of carbonyl (C=O) groups is 1. The fraction of sp³-hybridized carbons (Fsp3) is 0.462. The van der Waals surface area contributed by atoms with E-state index in [0.29, 0.717) is 0 Å². The van der Waals surface area contributed by atoms with E-state index in [0.717, 1.165) is 23.1 Å². The van der Waals surface area contributed by atoms with Crippen molar-refractivity contribution in [1.29, 1.82) is 0 Å². The Morgan fingerprint density at radius 1 is 1.33 bits per heavy atom. The molecule has 1 fully saturated rings. The van der Waals surface area contributed by atoms with Crippen LogP contribution in [0.4, 0.5) is 0 Å². The molecule has 0 aromatic heterocycles. The van der Waals surface area contributed by atoms with E-state index in [2.05, 4.69) is 6.07 Å². The Morgan fingerprint density at radius 2 is 1.80 bits per heavy atom. The number of carboxylic acid groups (broad SMARTS) is 1. The fourth-order valence-electron chi connectivity index (χ4n) is 2.48. The lowest BCUT2D eigenvalue weighted by Crippen LogP contribution is -2.22. The van der Waals surface area contributed by atoms with Gasteiger partial charge in [-0.15, -0.1) is 0 Å². The van der Waals surface area contributed by atoms with Gasteiger partial charge >= 0.3 is 5.97 Å². The second kappa shape index (κ2) is 3.09. The van der Waals surface area contributed by atoms with E-state index in [1.54, 1.807) is 0 Å². The van der Waals surface area contributed by atoms with Crippen molar-refractivity contribution >= 4 is 5.97 Å². The van der Waals surface area contributed by atoms with Gasteiger partial charge in [0.25, 0.3) is 0 Å². The maximum atomic E-state index is 11.3. The Kier molecular flexibility index (Phi) is 2.10. The van der Waals surface area contributed by atoms with Gasteiger partial charge in [-0.25, -0.2) is 0 Å². The lowest BCUT2D eigenvalue weighted by Gasteiger charge is -2.13. The standard InChI is InChI=1S/C13H16O2/c1-8-4-9(2)6-11(5-8)13(12(14)15)7-10(13)3/h4-6,10H,7H2,1-3H3,(H,14,15). The Balaban J connectivity index is 2.49. The van der Waals surface area contributed by atoms with Crippen LogP contribution in [-0.2, 0) is 10.2 Å². The minimum absolute atomic E-state index is 0.260. The molecule has 1 N–H and O–H groups in total. The maximum Gasteiger partial charge on any atom is 0.314 e. The summed E-state index contributed by atoms with van der Waals surface area (Å²) in [6.45, 7) is 6.03. The topological polar surface area (TPSA) is 37.3 Å². The summed E-state index contributed by atoms with van der Waals surface area (Å²) in [7, 11) is 0. The van der Waals surface area contributed by atoms with Crippen molar-refractivity contribution in [2.75, 3.05) is 0 Å². The zero-order chi connectivity index (χ0) is 11.2. The van der Waals surface area contributed by atoms with Gasteiger partial charge < -0.3 is 5.11 Å². The molecule has 15 heavy (non-hydrogen) atoms. The summed E-state index contributed by atoms with van der Waals surface area (Å²) in [4.78, 5) is 11.3. The van der Waals surface area contributed by atoms with Gasteiger partial charge in [0, 0.05) is 0 Å². The number of carboxylic acids is 1. The molecule has 2 rings (SSSR count). The smallest absolute Gasteiger partial charge is 0.314 e. The van der Waals surface area contributed by atoms with Crippen LogP contribution in [0.5, 0.6) is 0 Å². The van der Waals surface area contributed by atoms with E-state index in [1.165, 1.54) is 0 Å². The highest BCUT2D eigenvalue weighted by molar-refractivity contribution is 5.85. The van der Waals surface area contributed by atoms with E-state index in [-0.39, 0.29) is 5.92 Å². The van der Waals surface area contributed by atoms with Crippen LogP contribution < -0.4 is 0 Å². The lowest BCUT2D eigenvalue weighted by molar-refractivity contribution is -0.140. The van der Waals surface area contributed by atoms with E-state index in [4.69, 9.17) is 0 Å². The van der Waals surface area contributed by atoms with Gasteiger partial charge in [0.2, 0.25) is 0 Å². The number of hydrogen-bond acceptors (Lipinski definition) is 1. The molecule has 1 aliphatic rings. The van der Waals surface area contributed by atoms with Gasteiger partial charge in [-0.3, -0.25) is 4.79 Å². The van der Waals surface area contributed by atoms with Gasteiger partial charge in [0.1, 0.15) is 0 Å². The van der Waals surface area contributed by atoms with Gasteiger partial charge in [0.15, 0.2) is 0 Å². The number of rotatable bonds is 2. The summed E-state index contributed by atoms with van der Waals surface area (Å²) < 4.78 is 0. The number of benzene rings is 1. The molecule has 2 nitrogen and oxygen atoms in total. The molecule has 1 saturated carbocycles. The van der Waals surface area contributed by atoms with Crippen LogP contribution in [0.2, 0.25) is 0 Å². The molecule has 0 bridgehead atoms. The Morgan fingerprint density at radius 3 is 2.13 bits per heavy atom. The summed E-state index contributed by atoms with van der Waals surface area (Å²) in [5.74, 6) is -0.420. The van der Waals surface area contributed by atoms with Crippen molar-refractivity contribution in [2.24, 2.45) is 5.92 Å². The van der Waals surface area contributed by atoms with Crippen molar-refractivity contribution < 1.29 is 9.90 Å². The number of aliphatic carboxylic acids is 1. The first-order chi connectivity index (χ1) is 6.96. The highest BCUT2D eigenvalue weighted by Gasteiger charge is 2.59. The molecule has 0 spiro atoms. The minimum Gasteiger partial charge on any atom is -0.481 e. The molecule has 2 unspecified atom stereocenters. The molecule has 80 valence electrons. The largest absolute Gasteiger partial charge is 0.481 e. The second-order valence-electron chi connectivity index (χ2n) is 4.76. The van der Waals surface area contributed by atoms with Gasteiger partial charge in [-0.2, -0.15) is 0 Å². The van der Waals surface area contributed by atoms with E-state index >= 15 is 0 Å². The maximum absolute atomic E-state index is 11.3. The molecule has 0 aliphatic heterocycles. The average Bonchev–Trinajstić information content (AvgIpc) is 2.76. The quantitative estimate of drug-likeness (QED) is 0.804. The van der Waals surface area contributed by atoms with Crippen LogP contribution in [-0.4, -0.2) is 11.1 Å². The first kappa shape index (κ1) is 10.2. The third kappa shape index (κ3) is 1.44. The first-order valence-corrected chi connectivity index (χ1v) is 5.29. The predicted octanol–water partition coefficient (Wildman–Crippen LogP) is 2.67. The van der Waals surface area contributed by atoms with Crippen LogP contribution in [0.1, 0.15) is 30.0 Å². The van der Waals surface area contributed by atoms with Crippen molar-refractivity contribution in [3.63, 3.8) is 0 Å². The van der Waals surface area contributed by atoms with Crippen LogP contribution in [0.3, 0.4) is 0 Å². The first-order valence-electron chi connectivity index (χ1n) is 5.29. The van der Waals surface area contributed by atoms with Crippen LogP contribution >= 0.6 is 0 Å². The summed E-state index contributed by atoms with van der Waals surface area (Å²) in [5, 5.41) is 9.31. The molecular formula is C13H16O2. The second-order valence-corrected chi connectivity index (χ2v) is 4.76. The summed E-state index contributed by atoms with van der Waals surface area (Å²) in [5.41, 5.74) is 2.66. The van der Waals surface area contributed by atoms with Crippen LogP contribution in [0.15, 0.2) is 18.2 Å². The molecule has 1 aromatic carbocycles. The fourth-order valence-corrected chi connectivity index (χ4v) is 2.48. The molecule has 0 amide bonds. The number of hydrogen-bond donors (Lipinski definition) is 1. The monoisotopic (exact) mass is 204 g/mol. The van der Waals surface area contributed by atoms with Crippen molar-refractivity contribution in [2.45, 2.75) is 32.6 Å². The SMILES string of the molecule is Cc1cc(C)cc(C2(C(=O)O)CC2C)c1. The third-order valence-electron chi connectivity index (χ3n) is 3.43. The van der Waals surface area contributed by atoms with E-state index in [1.807, 2.05) is 32.9 Å². The molecule has 1 aliphatic carbocycles. The average molecular weight is 204 g/mol. The Labute approximate surface area is 89.9 Å². The summed E-state index contributed by atoms with van der Waals surface area (Å²) in [6.07, 6.45) is 0.769. The third-order valence-corrected chi connectivity index (χ3v) is 3.43. The number of aryl methyl sites for hydroxylation is 2. The van der Waals surface area contributed by atoms with Crippen molar-refractivity contribution in [3.05, 3.63) is 34.9 Å². The van der Waals surface area contributed by atoms with Gasteiger partial charge in [-0.1, -0.05) is 36.2 Å². The predicted molar refractivity (Wildman–Crippen MR) is 59.0 cm³/mol. The summed E-state index contributed by atoms with van der Waals surface area (Å²) in [6, 6.07) is 6.08. The molecule has 0 heterocycles. The zero-order valence-electron chi connectivity index (χ0n) is 9.37. The van der Waals surface area contributed by atoms with Gasteiger partial charge in [0.05, 0.1) is 5.41 Å². The molecule has 0 saturated heterocycles. The van der Waals surface area contributed by atoms with Crippen LogP contribution in [0, 0.1) is 19.8 Å². The lowest BCUT2D eigenvalue weighted by atomic mass is 9.91. The van der Waals surface area contributed by atoms with Crippen LogP contribution in [0.25, 0.3) is 0 Å². The summed E-state index contributed by atoms with van der Waals surface area (Å²) >= 11 is 0. The van der Waals surface area contributed by atoms with E-state index < -0.39 is 11.4 Å². The normalized spacial score (nSPS) is 28.9. The molecule has 0 radical (unpaired) electrons.